The smallest absolute Gasteiger partial charge is 0.322 e. The van der Waals surface area contributed by atoms with Crippen molar-refractivity contribution in [2.45, 2.75) is 18.9 Å². The summed E-state index contributed by atoms with van der Waals surface area (Å²) in [5, 5.41) is 4.50. The molecule has 152 valence electrons. The van der Waals surface area contributed by atoms with E-state index < -0.39 is 58.9 Å². The molecule has 0 unspecified atom stereocenters. The van der Waals surface area contributed by atoms with Crippen molar-refractivity contribution in [2.24, 2.45) is 0 Å². The fourth-order valence-electron chi connectivity index (χ4n) is 3.10. The van der Waals surface area contributed by atoms with Gasteiger partial charge in [-0.05, 0) is 36.2 Å². The maximum atomic E-state index is 13.7. The molecule has 10 heteroatoms. The van der Waals surface area contributed by atoms with Crippen LogP contribution in [-0.4, -0.2) is 29.3 Å². The number of halogens is 4. The first-order chi connectivity index (χ1) is 13.7. The lowest BCUT2D eigenvalue weighted by Crippen LogP contribution is -2.44. The van der Waals surface area contributed by atoms with Gasteiger partial charge in [-0.15, -0.1) is 0 Å². The highest BCUT2D eigenvalue weighted by molar-refractivity contribution is 6.10. The van der Waals surface area contributed by atoms with Crippen LogP contribution in [0.3, 0.4) is 0 Å². The maximum absolute atomic E-state index is 13.7. The second kappa shape index (κ2) is 7.53. The van der Waals surface area contributed by atoms with Crippen LogP contribution in [0.2, 0.25) is 0 Å². The van der Waals surface area contributed by atoms with Crippen molar-refractivity contribution in [1.29, 1.82) is 0 Å². The first kappa shape index (κ1) is 20.3. The van der Waals surface area contributed by atoms with Crippen LogP contribution in [0, 0.1) is 23.3 Å². The number of amides is 4. The third kappa shape index (κ3) is 3.53. The van der Waals surface area contributed by atoms with Crippen molar-refractivity contribution in [3.63, 3.8) is 0 Å². The number of rotatable bonds is 5. The fourth-order valence-corrected chi connectivity index (χ4v) is 3.10. The highest BCUT2D eigenvalue weighted by Gasteiger charge is 2.51. The van der Waals surface area contributed by atoms with E-state index in [1.165, 1.54) is 12.1 Å². The molecule has 2 N–H and O–H groups in total. The number of benzene rings is 2. The summed E-state index contributed by atoms with van der Waals surface area (Å²) in [6, 6.07) is 5.52. The lowest BCUT2D eigenvalue weighted by atomic mass is 9.87. The van der Waals surface area contributed by atoms with E-state index in [4.69, 9.17) is 0 Å². The average molecular weight is 409 g/mol. The molecule has 1 aliphatic rings. The van der Waals surface area contributed by atoms with E-state index in [1.807, 2.05) is 5.32 Å². The summed E-state index contributed by atoms with van der Waals surface area (Å²) in [4.78, 5) is 38.0. The molecule has 0 bridgehead atoms. The Kier molecular flexibility index (Phi) is 5.27. The Labute approximate surface area is 162 Å². The van der Waals surface area contributed by atoms with Gasteiger partial charge in [0.1, 0.15) is 17.9 Å². The molecular formula is C19H15F4N3O3. The molecule has 0 radical (unpaired) electrons. The number of anilines is 1. The summed E-state index contributed by atoms with van der Waals surface area (Å²) in [6.07, 6.45) is 0.124. The molecule has 1 atom stereocenters. The molecule has 29 heavy (non-hydrogen) atoms. The molecule has 2 aromatic rings. The monoisotopic (exact) mass is 409 g/mol. The molecule has 1 heterocycles. The third-order valence-corrected chi connectivity index (χ3v) is 4.65. The van der Waals surface area contributed by atoms with Gasteiger partial charge >= 0.3 is 6.03 Å². The Morgan fingerprint density at radius 2 is 1.69 bits per heavy atom. The van der Waals surface area contributed by atoms with Gasteiger partial charge < -0.3 is 10.6 Å². The SMILES string of the molecule is CC[C@@]1(c2ccc(F)cc2)NC(=O)N(CC(=O)Nc2ccc(F)c(F)c2F)C1=O. The summed E-state index contributed by atoms with van der Waals surface area (Å²) in [5.41, 5.74) is -1.80. The largest absolute Gasteiger partial charge is 0.325 e. The van der Waals surface area contributed by atoms with Crippen molar-refractivity contribution in [3.8, 4) is 0 Å². The highest BCUT2D eigenvalue weighted by Crippen LogP contribution is 2.32. The summed E-state index contributed by atoms with van der Waals surface area (Å²) in [5.74, 6) is -7.08. The van der Waals surface area contributed by atoms with Gasteiger partial charge in [0, 0.05) is 0 Å². The standard InChI is InChI=1S/C19H15F4N3O3/c1-2-19(10-3-5-11(20)6-4-10)17(28)26(18(29)25-19)9-14(27)24-13-8-7-12(21)15(22)16(13)23/h3-8H,2,9H2,1H3,(H,24,27)(H,25,29)/t19-/m0/s1. The van der Waals surface area contributed by atoms with Crippen LogP contribution in [0.1, 0.15) is 18.9 Å². The Balaban J connectivity index is 1.80. The van der Waals surface area contributed by atoms with Crippen molar-refractivity contribution in [1.82, 2.24) is 10.2 Å². The molecule has 0 saturated carbocycles. The third-order valence-electron chi connectivity index (χ3n) is 4.65. The topological polar surface area (TPSA) is 78.5 Å². The second-order valence-electron chi connectivity index (χ2n) is 6.36. The van der Waals surface area contributed by atoms with Crippen LogP contribution < -0.4 is 10.6 Å². The molecule has 0 aliphatic carbocycles. The molecule has 0 spiro atoms. The van der Waals surface area contributed by atoms with E-state index in [9.17, 15) is 31.9 Å². The summed E-state index contributed by atoms with van der Waals surface area (Å²) < 4.78 is 53.2. The zero-order valence-electron chi connectivity index (χ0n) is 15.1. The Bertz CT molecular complexity index is 997. The van der Waals surface area contributed by atoms with E-state index in [-0.39, 0.29) is 6.42 Å². The Morgan fingerprint density at radius 1 is 1.03 bits per heavy atom. The quantitative estimate of drug-likeness (QED) is 0.453. The van der Waals surface area contributed by atoms with Gasteiger partial charge in [0.15, 0.2) is 17.5 Å². The molecule has 0 aromatic heterocycles. The summed E-state index contributed by atoms with van der Waals surface area (Å²) in [7, 11) is 0. The van der Waals surface area contributed by atoms with E-state index in [2.05, 4.69) is 5.32 Å². The summed E-state index contributed by atoms with van der Waals surface area (Å²) >= 11 is 0. The highest BCUT2D eigenvalue weighted by atomic mass is 19.2. The Morgan fingerprint density at radius 3 is 2.31 bits per heavy atom. The molecule has 1 fully saturated rings. The van der Waals surface area contributed by atoms with Gasteiger partial charge in [-0.1, -0.05) is 19.1 Å². The van der Waals surface area contributed by atoms with E-state index >= 15 is 0 Å². The molecule has 1 saturated heterocycles. The second-order valence-corrected chi connectivity index (χ2v) is 6.36. The van der Waals surface area contributed by atoms with Crippen molar-refractivity contribution in [3.05, 3.63) is 65.2 Å². The van der Waals surface area contributed by atoms with Gasteiger partial charge in [0.2, 0.25) is 5.91 Å². The Hall–Kier alpha value is -3.43. The van der Waals surface area contributed by atoms with Gasteiger partial charge in [-0.3, -0.25) is 14.5 Å². The predicted molar refractivity (Wildman–Crippen MR) is 93.6 cm³/mol. The number of nitrogens with one attached hydrogen (secondary N) is 2. The minimum atomic E-state index is -1.76. The van der Waals surface area contributed by atoms with Crippen molar-refractivity contribution >= 4 is 23.5 Å². The lowest BCUT2D eigenvalue weighted by Gasteiger charge is -2.25. The van der Waals surface area contributed by atoms with Crippen molar-refractivity contribution < 1.29 is 31.9 Å². The van der Waals surface area contributed by atoms with Crippen LogP contribution >= 0.6 is 0 Å². The molecular weight excluding hydrogens is 394 g/mol. The zero-order chi connectivity index (χ0) is 21.3. The van der Waals surface area contributed by atoms with Crippen LogP contribution in [0.25, 0.3) is 0 Å². The minimum Gasteiger partial charge on any atom is -0.322 e. The normalized spacial score (nSPS) is 18.7. The van der Waals surface area contributed by atoms with Crippen LogP contribution in [0.4, 0.5) is 28.0 Å². The van der Waals surface area contributed by atoms with Gasteiger partial charge in [0.25, 0.3) is 5.91 Å². The molecule has 3 rings (SSSR count). The van der Waals surface area contributed by atoms with E-state index in [0.29, 0.717) is 16.5 Å². The number of hydrogen-bond donors (Lipinski definition) is 2. The summed E-state index contributed by atoms with van der Waals surface area (Å²) in [6.45, 7) is 0.841. The predicted octanol–water partition coefficient (Wildman–Crippen LogP) is 3.04. The van der Waals surface area contributed by atoms with Gasteiger partial charge in [0.05, 0.1) is 5.69 Å². The maximum Gasteiger partial charge on any atom is 0.325 e. The van der Waals surface area contributed by atoms with Crippen LogP contribution in [0.15, 0.2) is 36.4 Å². The molecule has 6 nitrogen and oxygen atoms in total. The number of carbonyl (C=O) groups excluding carboxylic acids is 3. The number of urea groups is 1. The average Bonchev–Trinajstić information content (AvgIpc) is 2.94. The van der Waals surface area contributed by atoms with Gasteiger partial charge in [-0.25, -0.2) is 22.4 Å². The molecule has 1 aliphatic heterocycles. The fraction of sp³-hybridized carbons (Fsp3) is 0.211. The van der Waals surface area contributed by atoms with Crippen molar-refractivity contribution in [2.75, 3.05) is 11.9 Å². The first-order valence-corrected chi connectivity index (χ1v) is 8.53. The molecule has 4 amide bonds. The molecule has 2 aromatic carbocycles. The van der Waals surface area contributed by atoms with E-state index in [1.54, 1.807) is 6.92 Å². The van der Waals surface area contributed by atoms with Crippen LogP contribution in [0.5, 0.6) is 0 Å². The van der Waals surface area contributed by atoms with Gasteiger partial charge in [-0.2, -0.15) is 0 Å². The minimum absolute atomic E-state index is 0.124. The number of carbonyl (C=O) groups is 3. The van der Waals surface area contributed by atoms with E-state index in [0.717, 1.165) is 18.2 Å². The number of hydrogen-bond acceptors (Lipinski definition) is 3. The lowest BCUT2D eigenvalue weighted by molar-refractivity contribution is -0.134. The van der Waals surface area contributed by atoms with Crippen LogP contribution in [-0.2, 0) is 15.1 Å². The number of imide groups is 1. The first-order valence-electron chi connectivity index (χ1n) is 8.53. The zero-order valence-corrected chi connectivity index (χ0v) is 15.1. The number of nitrogens with zero attached hydrogens (tertiary/aromatic N) is 1.